The van der Waals surface area contributed by atoms with Crippen LogP contribution < -0.4 is 5.32 Å². The Morgan fingerprint density at radius 3 is 2.21 bits per heavy atom. The van der Waals surface area contributed by atoms with Gasteiger partial charge in [-0.25, -0.2) is 0 Å². The Hall–Kier alpha value is -0.0800. The molecule has 0 fully saturated rings. The number of nitrogens with one attached hydrogen (secondary N) is 1. The molecule has 0 aliphatic heterocycles. The molecular formula is C12H27NO. The molecular weight excluding hydrogens is 174 g/mol. The van der Waals surface area contributed by atoms with Crippen molar-refractivity contribution in [2.24, 2.45) is 5.41 Å². The van der Waals surface area contributed by atoms with Crippen molar-refractivity contribution < 1.29 is 4.74 Å². The van der Waals surface area contributed by atoms with Crippen molar-refractivity contribution >= 4 is 0 Å². The molecule has 0 amide bonds. The molecule has 0 saturated carbocycles. The van der Waals surface area contributed by atoms with E-state index in [9.17, 15) is 0 Å². The predicted molar refractivity (Wildman–Crippen MR) is 62.6 cm³/mol. The minimum absolute atomic E-state index is 0.325. The third-order valence-corrected chi connectivity index (χ3v) is 2.40. The summed E-state index contributed by atoms with van der Waals surface area (Å²) in [6, 6.07) is 0.560. The maximum Gasteiger partial charge on any atom is 0.0481 e. The zero-order chi connectivity index (χ0) is 11.0. The van der Waals surface area contributed by atoms with Crippen LogP contribution in [-0.4, -0.2) is 25.8 Å². The number of hydrogen-bond donors (Lipinski definition) is 1. The summed E-state index contributed by atoms with van der Waals surface area (Å²) in [6.07, 6.45) is 2.22. The smallest absolute Gasteiger partial charge is 0.0481 e. The van der Waals surface area contributed by atoms with E-state index >= 15 is 0 Å². The molecule has 0 aromatic rings. The van der Waals surface area contributed by atoms with Crippen LogP contribution in [0.3, 0.4) is 0 Å². The molecule has 14 heavy (non-hydrogen) atoms. The molecule has 0 rings (SSSR count). The van der Waals surface area contributed by atoms with Crippen molar-refractivity contribution in [3.63, 3.8) is 0 Å². The quantitative estimate of drug-likeness (QED) is 0.640. The second kappa shape index (κ2) is 7.24. The fourth-order valence-electron chi connectivity index (χ4n) is 1.54. The van der Waals surface area contributed by atoms with E-state index in [1.807, 2.05) is 0 Å². The van der Waals surface area contributed by atoms with Gasteiger partial charge in [-0.1, -0.05) is 34.6 Å². The van der Waals surface area contributed by atoms with Crippen molar-refractivity contribution in [3.05, 3.63) is 0 Å². The maximum absolute atomic E-state index is 5.51. The van der Waals surface area contributed by atoms with Gasteiger partial charge in [-0.05, 0) is 24.8 Å². The first-order valence-electron chi connectivity index (χ1n) is 5.83. The zero-order valence-corrected chi connectivity index (χ0v) is 10.5. The first-order chi connectivity index (χ1) is 6.52. The Kier molecular flexibility index (Phi) is 7.20. The second-order valence-corrected chi connectivity index (χ2v) is 4.88. The van der Waals surface area contributed by atoms with Crippen LogP contribution in [0, 0.1) is 5.41 Å². The summed E-state index contributed by atoms with van der Waals surface area (Å²) in [6.45, 7) is 13.9. The molecule has 0 bridgehead atoms. The molecule has 0 radical (unpaired) electrons. The molecule has 1 unspecified atom stereocenters. The highest BCUT2D eigenvalue weighted by atomic mass is 16.5. The van der Waals surface area contributed by atoms with Gasteiger partial charge in [0.2, 0.25) is 0 Å². The van der Waals surface area contributed by atoms with E-state index in [1.165, 1.54) is 0 Å². The van der Waals surface area contributed by atoms with Gasteiger partial charge in [-0.15, -0.1) is 0 Å². The number of ether oxygens (including phenoxy) is 1. The molecule has 2 nitrogen and oxygen atoms in total. The highest BCUT2D eigenvalue weighted by Crippen LogP contribution is 2.21. The summed E-state index contributed by atoms with van der Waals surface area (Å²) >= 11 is 0. The van der Waals surface area contributed by atoms with Crippen molar-refractivity contribution in [1.82, 2.24) is 5.32 Å². The second-order valence-electron chi connectivity index (χ2n) is 4.88. The van der Waals surface area contributed by atoms with Crippen molar-refractivity contribution in [3.8, 4) is 0 Å². The van der Waals surface area contributed by atoms with E-state index in [-0.39, 0.29) is 0 Å². The number of hydrogen-bond acceptors (Lipinski definition) is 2. The zero-order valence-electron chi connectivity index (χ0n) is 10.5. The van der Waals surface area contributed by atoms with Gasteiger partial charge in [0, 0.05) is 19.3 Å². The molecule has 0 aliphatic carbocycles. The molecule has 0 heterocycles. The summed E-state index contributed by atoms with van der Waals surface area (Å²) in [4.78, 5) is 0. The lowest BCUT2D eigenvalue weighted by molar-refractivity contribution is 0.109. The highest BCUT2D eigenvalue weighted by molar-refractivity contribution is 4.79. The predicted octanol–water partition coefficient (Wildman–Crippen LogP) is 2.83. The molecule has 86 valence electrons. The lowest BCUT2D eigenvalue weighted by atomic mass is 9.85. The molecule has 0 spiro atoms. The molecule has 0 aliphatic rings. The fourth-order valence-corrected chi connectivity index (χ4v) is 1.54. The van der Waals surface area contributed by atoms with Crippen LogP contribution in [0.2, 0.25) is 0 Å². The molecule has 0 aromatic carbocycles. The van der Waals surface area contributed by atoms with Crippen LogP contribution in [-0.2, 0) is 4.74 Å². The first-order valence-corrected chi connectivity index (χ1v) is 5.83. The standard InChI is InChI=1S/C12H27NO/c1-6-9-14-10-8-11(13-7-2)12(3,4)5/h11,13H,6-10H2,1-5H3. The van der Waals surface area contributed by atoms with Gasteiger partial charge in [0.1, 0.15) is 0 Å². The van der Waals surface area contributed by atoms with E-state index in [0.29, 0.717) is 11.5 Å². The van der Waals surface area contributed by atoms with Gasteiger partial charge in [-0.3, -0.25) is 0 Å². The van der Waals surface area contributed by atoms with E-state index in [2.05, 4.69) is 39.9 Å². The van der Waals surface area contributed by atoms with Crippen molar-refractivity contribution in [1.29, 1.82) is 0 Å². The molecule has 1 N–H and O–H groups in total. The lowest BCUT2D eigenvalue weighted by Gasteiger charge is -2.31. The van der Waals surface area contributed by atoms with Gasteiger partial charge < -0.3 is 10.1 Å². The van der Waals surface area contributed by atoms with Crippen LogP contribution in [0.25, 0.3) is 0 Å². The van der Waals surface area contributed by atoms with Gasteiger partial charge in [-0.2, -0.15) is 0 Å². The van der Waals surface area contributed by atoms with Crippen molar-refractivity contribution in [2.75, 3.05) is 19.8 Å². The van der Waals surface area contributed by atoms with Crippen LogP contribution in [0.1, 0.15) is 47.5 Å². The highest BCUT2D eigenvalue weighted by Gasteiger charge is 2.22. The first kappa shape index (κ1) is 13.9. The summed E-state index contributed by atoms with van der Waals surface area (Å²) < 4.78 is 5.51. The third-order valence-electron chi connectivity index (χ3n) is 2.40. The Labute approximate surface area is 89.4 Å². The average Bonchev–Trinajstić information content (AvgIpc) is 2.08. The third kappa shape index (κ3) is 6.39. The average molecular weight is 201 g/mol. The van der Waals surface area contributed by atoms with E-state index in [0.717, 1.165) is 32.6 Å². The largest absolute Gasteiger partial charge is 0.381 e. The van der Waals surface area contributed by atoms with Crippen molar-refractivity contribution in [2.45, 2.75) is 53.5 Å². The van der Waals surface area contributed by atoms with E-state index < -0.39 is 0 Å². The van der Waals surface area contributed by atoms with E-state index in [1.54, 1.807) is 0 Å². The van der Waals surface area contributed by atoms with Crippen LogP contribution in [0.5, 0.6) is 0 Å². The topological polar surface area (TPSA) is 21.3 Å². The SMILES string of the molecule is CCCOCCC(NCC)C(C)(C)C. The minimum Gasteiger partial charge on any atom is -0.381 e. The maximum atomic E-state index is 5.51. The minimum atomic E-state index is 0.325. The summed E-state index contributed by atoms with van der Waals surface area (Å²) in [5.41, 5.74) is 0.325. The van der Waals surface area contributed by atoms with Gasteiger partial charge in [0.25, 0.3) is 0 Å². The molecule has 0 aromatic heterocycles. The monoisotopic (exact) mass is 201 g/mol. The fraction of sp³-hybridized carbons (Fsp3) is 1.00. The van der Waals surface area contributed by atoms with Crippen LogP contribution >= 0.6 is 0 Å². The van der Waals surface area contributed by atoms with Gasteiger partial charge in [0.15, 0.2) is 0 Å². The summed E-state index contributed by atoms with van der Waals surface area (Å²) in [5, 5.41) is 3.52. The normalized spacial score (nSPS) is 14.4. The number of rotatable bonds is 7. The van der Waals surface area contributed by atoms with Gasteiger partial charge in [0.05, 0.1) is 0 Å². The molecule has 0 saturated heterocycles. The molecule has 2 heteroatoms. The Balaban J connectivity index is 3.74. The molecule has 1 atom stereocenters. The van der Waals surface area contributed by atoms with E-state index in [4.69, 9.17) is 4.74 Å². The summed E-state index contributed by atoms with van der Waals surface area (Å²) in [7, 11) is 0. The van der Waals surface area contributed by atoms with Crippen LogP contribution in [0.15, 0.2) is 0 Å². The summed E-state index contributed by atoms with van der Waals surface area (Å²) in [5.74, 6) is 0. The Morgan fingerprint density at radius 2 is 1.79 bits per heavy atom. The van der Waals surface area contributed by atoms with Gasteiger partial charge >= 0.3 is 0 Å². The Morgan fingerprint density at radius 1 is 1.14 bits per heavy atom. The Bertz CT molecular complexity index is 129. The lowest BCUT2D eigenvalue weighted by Crippen LogP contribution is -2.41. The van der Waals surface area contributed by atoms with Crippen LogP contribution in [0.4, 0.5) is 0 Å².